The van der Waals surface area contributed by atoms with Crippen LogP contribution in [0.15, 0.2) is 45.3 Å². The molecule has 0 aliphatic heterocycles. The summed E-state index contributed by atoms with van der Waals surface area (Å²) in [5.41, 5.74) is -0.117. The van der Waals surface area contributed by atoms with Crippen molar-refractivity contribution in [3.05, 3.63) is 62.4 Å². The molecule has 8 heteroatoms. The predicted octanol–water partition coefficient (Wildman–Crippen LogP) is 2.41. The van der Waals surface area contributed by atoms with Crippen LogP contribution in [-0.2, 0) is 17.9 Å². The Hall–Kier alpha value is -2.74. The number of amides is 1. The first-order valence-corrected chi connectivity index (χ1v) is 8.65. The summed E-state index contributed by atoms with van der Waals surface area (Å²) in [6, 6.07) is 7.15. The number of nitrogens with one attached hydrogen (secondary N) is 1. The summed E-state index contributed by atoms with van der Waals surface area (Å²) in [4.78, 5) is 37.3. The lowest BCUT2D eigenvalue weighted by Gasteiger charge is -2.12. The zero-order valence-corrected chi connectivity index (χ0v) is 14.3. The molecule has 0 spiro atoms. The highest BCUT2D eigenvalue weighted by atomic mass is 32.1. The number of nitrogens with zero attached hydrogens (tertiary/aromatic N) is 2. The number of hydrogen-bond donors (Lipinski definition) is 1. The number of anilines is 1. The molecule has 1 aromatic carbocycles. The average molecular weight is 361 g/mol. The first-order chi connectivity index (χ1) is 12.0. The van der Waals surface area contributed by atoms with Crippen LogP contribution in [0.3, 0.4) is 0 Å². The van der Waals surface area contributed by atoms with E-state index in [0.29, 0.717) is 22.3 Å². The maximum atomic E-state index is 13.2. The van der Waals surface area contributed by atoms with E-state index in [0.717, 1.165) is 4.57 Å². The fourth-order valence-electron chi connectivity index (χ4n) is 2.62. The highest BCUT2D eigenvalue weighted by Gasteiger charge is 2.16. The first-order valence-electron chi connectivity index (χ1n) is 7.77. The van der Waals surface area contributed by atoms with Crippen LogP contribution in [-0.4, -0.2) is 15.0 Å². The second-order valence-corrected chi connectivity index (χ2v) is 6.44. The Kier molecular flexibility index (Phi) is 4.80. The Bertz CT molecular complexity index is 1050. The van der Waals surface area contributed by atoms with E-state index in [2.05, 4.69) is 5.32 Å². The van der Waals surface area contributed by atoms with Crippen LogP contribution in [0.5, 0.6) is 0 Å². The van der Waals surface area contributed by atoms with Crippen molar-refractivity contribution in [1.29, 1.82) is 0 Å². The van der Waals surface area contributed by atoms with Crippen molar-refractivity contribution in [1.82, 2.24) is 9.13 Å². The Morgan fingerprint density at radius 1 is 1.24 bits per heavy atom. The molecule has 0 fully saturated rings. The largest absolute Gasteiger partial charge is 0.332 e. The SMILES string of the molecule is CCCn1c(=O)c2sccc2n(CC(=O)Nc2cccc(F)c2)c1=O. The fourth-order valence-corrected chi connectivity index (χ4v) is 3.46. The van der Waals surface area contributed by atoms with Crippen molar-refractivity contribution >= 4 is 33.1 Å². The van der Waals surface area contributed by atoms with E-state index >= 15 is 0 Å². The highest BCUT2D eigenvalue weighted by Crippen LogP contribution is 2.15. The molecule has 1 amide bonds. The lowest BCUT2D eigenvalue weighted by Crippen LogP contribution is -2.41. The Balaban J connectivity index is 1.98. The van der Waals surface area contributed by atoms with Crippen molar-refractivity contribution in [2.75, 3.05) is 5.32 Å². The smallest absolute Gasteiger partial charge is 0.324 e. The molecule has 0 radical (unpaired) electrons. The number of thiophene rings is 1. The van der Waals surface area contributed by atoms with Crippen LogP contribution in [0, 0.1) is 5.82 Å². The summed E-state index contributed by atoms with van der Waals surface area (Å²) in [7, 11) is 0. The Morgan fingerprint density at radius 2 is 2.04 bits per heavy atom. The number of fused-ring (bicyclic) bond motifs is 1. The van der Waals surface area contributed by atoms with E-state index in [4.69, 9.17) is 0 Å². The molecule has 1 N–H and O–H groups in total. The van der Waals surface area contributed by atoms with Gasteiger partial charge in [0, 0.05) is 12.2 Å². The summed E-state index contributed by atoms with van der Waals surface area (Å²) in [6.45, 7) is 1.90. The molecule has 0 aliphatic rings. The second kappa shape index (κ2) is 7.02. The van der Waals surface area contributed by atoms with Crippen LogP contribution in [0.2, 0.25) is 0 Å². The van der Waals surface area contributed by atoms with Crippen molar-refractivity contribution in [3.63, 3.8) is 0 Å². The van der Waals surface area contributed by atoms with Gasteiger partial charge in [0.05, 0.1) is 5.52 Å². The second-order valence-electron chi connectivity index (χ2n) is 5.52. The lowest BCUT2D eigenvalue weighted by atomic mass is 10.3. The number of aromatic nitrogens is 2. The molecule has 130 valence electrons. The van der Waals surface area contributed by atoms with Gasteiger partial charge in [0.1, 0.15) is 17.1 Å². The zero-order chi connectivity index (χ0) is 18.0. The van der Waals surface area contributed by atoms with E-state index in [-0.39, 0.29) is 18.6 Å². The van der Waals surface area contributed by atoms with Crippen molar-refractivity contribution in [3.8, 4) is 0 Å². The van der Waals surface area contributed by atoms with E-state index in [1.807, 2.05) is 6.92 Å². The molecule has 0 unspecified atom stereocenters. The van der Waals surface area contributed by atoms with E-state index in [9.17, 15) is 18.8 Å². The van der Waals surface area contributed by atoms with Crippen molar-refractivity contribution in [2.24, 2.45) is 0 Å². The number of benzene rings is 1. The van der Waals surface area contributed by atoms with Gasteiger partial charge < -0.3 is 5.32 Å². The third kappa shape index (κ3) is 3.39. The minimum absolute atomic E-state index is 0.257. The van der Waals surface area contributed by atoms with E-state index in [1.54, 1.807) is 17.5 Å². The third-order valence-corrected chi connectivity index (χ3v) is 4.59. The van der Waals surface area contributed by atoms with Crippen LogP contribution in [0.4, 0.5) is 10.1 Å². The van der Waals surface area contributed by atoms with E-state index in [1.165, 1.54) is 34.1 Å². The van der Waals surface area contributed by atoms with Gasteiger partial charge in [-0.05, 0) is 36.1 Å². The van der Waals surface area contributed by atoms with Gasteiger partial charge in [-0.25, -0.2) is 9.18 Å². The van der Waals surface area contributed by atoms with Gasteiger partial charge in [-0.3, -0.25) is 18.7 Å². The standard InChI is InChI=1S/C17H16FN3O3S/c1-2-7-20-16(23)15-13(6-8-25-15)21(17(20)24)10-14(22)19-12-5-3-4-11(18)9-12/h3-6,8-9H,2,7,10H2,1H3,(H,19,22). The number of carbonyl (C=O) groups is 1. The quantitative estimate of drug-likeness (QED) is 0.758. The lowest BCUT2D eigenvalue weighted by molar-refractivity contribution is -0.116. The molecule has 0 aliphatic carbocycles. The minimum atomic E-state index is -0.521. The monoisotopic (exact) mass is 361 g/mol. The van der Waals surface area contributed by atoms with Gasteiger partial charge >= 0.3 is 5.69 Å². The van der Waals surface area contributed by atoms with Gasteiger partial charge in [-0.1, -0.05) is 13.0 Å². The molecule has 6 nitrogen and oxygen atoms in total. The van der Waals surface area contributed by atoms with Crippen molar-refractivity contribution in [2.45, 2.75) is 26.4 Å². The topological polar surface area (TPSA) is 73.1 Å². The van der Waals surface area contributed by atoms with Gasteiger partial charge in [-0.2, -0.15) is 0 Å². The fraction of sp³-hybridized carbons (Fsp3) is 0.235. The molecule has 3 aromatic rings. The maximum Gasteiger partial charge on any atom is 0.332 e. The molecular formula is C17H16FN3O3S. The molecule has 0 atom stereocenters. The minimum Gasteiger partial charge on any atom is -0.324 e. The molecular weight excluding hydrogens is 345 g/mol. The number of hydrogen-bond acceptors (Lipinski definition) is 4. The van der Waals surface area contributed by atoms with Crippen LogP contribution >= 0.6 is 11.3 Å². The van der Waals surface area contributed by atoms with Crippen LogP contribution in [0.1, 0.15) is 13.3 Å². The summed E-state index contributed by atoms with van der Waals surface area (Å²) in [5, 5.41) is 4.27. The molecule has 0 saturated heterocycles. The summed E-state index contributed by atoms with van der Waals surface area (Å²) in [5.74, 6) is -0.936. The number of carbonyl (C=O) groups excluding carboxylic acids is 1. The molecule has 25 heavy (non-hydrogen) atoms. The molecule has 0 saturated carbocycles. The Morgan fingerprint density at radius 3 is 2.76 bits per heavy atom. The summed E-state index contributed by atoms with van der Waals surface area (Å²) in [6.07, 6.45) is 0.627. The Labute approximate surface area is 146 Å². The van der Waals surface area contributed by atoms with Gasteiger partial charge in [0.15, 0.2) is 0 Å². The highest BCUT2D eigenvalue weighted by molar-refractivity contribution is 7.17. The average Bonchev–Trinajstić information content (AvgIpc) is 3.05. The predicted molar refractivity (Wildman–Crippen MR) is 95.7 cm³/mol. The van der Waals surface area contributed by atoms with Gasteiger partial charge in [0.25, 0.3) is 5.56 Å². The van der Waals surface area contributed by atoms with E-state index < -0.39 is 17.4 Å². The third-order valence-electron chi connectivity index (χ3n) is 3.69. The first kappa shape index (κ1) is 17.1. The van der Waals surface area contributed by atoms with Gasteiger partial charge in [-0.15, -0.1) is 11.3 Å². The normalized spacial score (nSPS) is 11.0. The van der Waals surface area contributed by atoms with Gasteiger partial charge in [0.2, 0.25) is 5.91 Å². The van der Waals surface area contributed by atoms with Crippen LogP contribution in [0.25, 0.3) is 10.2 Å². The van der Waals surface area contributed by atoms with Crippen LogP contribution < -0.4 is 16.6 Å². The number of halogens is 1. The molecule has 2 aromatic heterocycles. The molecule has 3 rings (SSSR count). The summed E-state index contributed by atoms with van der Waals surface area (Å²) < 4.78 is 16.1. The zero-order valence-electron chi connectivity index (χ0n) is 13.5. The molecule has 0 bridgehead atoms. The maximum absolute atomic E-state index is 13.2. The molecule has 2 heterocycles. The van der Waals surface area contributed by atoms with Crippen molar-refractivity contribution < 1.29 is 9.18 Å². The summed E-state index contributed by atoms with van der Waals surface area (Å²) >= 11 is 1.24. The number of rotatable bonds is 5.